The number of halogens is 1. The minimum absolute atomic E-state index is 0.434. The van der Waals surface area contributed by atoms with Crippen molar-refractivity contribution in [3.63, 3.8) is 0 Å². The fourth-order valence-corrected chi connectivity index (χ4v) is 1.92. The van der Waals surface area contributed by atoms with Gasteiger partial charge in [0.15, 0.2) is 0 Å². The molecule has 1 aromatic carbocycles. The maximum atomic E-state index is 8.81. The van der Waals surface area contributed by atoms with Gasteiger partial charge in [0.25, 0.3) is 0 Å². The van der Waals surface area contributed by atoms with E-state index >= 15 is 0 Å². The fraction of sp³-hybridized carbons (Fsp3) is 0.462. The van der Waals surface area contributed by atoms with Gasteiger partial charge in [-0.05, 0) is 38.5 Å². The van der Waals surface area contributed by atoms with Crippen LogP contribution >= 0.6 is 11.6 Å². The van der Waals surface area contributed by atoms with E-state index in [1.54, 1.807) is 6.07 Å². The van der Waals surface area contributed by atoms with Crippen LogP contribution in [0.5, 0.6) is 0 Å². The SMILES string of the molecule is CCCN(c1ccc(C#N)c(Cl)c1)C(C)C. The highest BCUT2D eigenvalue weighted by Crippen LogP contribution is 2.24. The summed E-state index contributed by atoms with van der Waals surface area (Å²) in [6.45, 7) is 7.46. The van der Waals surface area contributed by atoms with Crippen LogP contribution in [-0.4, -0.2) is 12.6 Å². The summed E-state index contributed by atoms with van der Waals surface area (Å²) >= 11 is 6.03. The predicted molar refractivity (Wildman–Crippen MR) is 68.9 cm³/mol. The van der Waals surface area contributed by atoms with Crippen LogP contribution in [0.15, 0.2) is 18.2 Å². The predicted octanol–water partition coefficient (Wildman–Crippen LogP) is 3.84. The second kappa shape index (κ2) is 5.77. The van der Waals surface area contributed by atoms with E-state index in [1.165, 1.54) is 0 Å². The highest BCUT2D eigenvalue weighted by Gasteiger charge is 2.11. The molecular weight excluding hydrogens is 220 g/mol. The highest BCUT2D eigenvalue weighted by atomic mass is 35.5. The molecule has 0 amide bonds. The molecule has 1 rings (SSSR count). The summed E-state index contributed by atoms with van der Waals surface area (Å²) in [5, 5.41) is 9.34. The molecule has 0 unspecified atom stereocenters. The van der Waals surface area contributed by atoms with Crippen LogP contribution in [0.4, 0.5) is 5.69 Å². The lowest BCUT2D eigenvalue weighted by molar-refractivity contribution is 0.671. The van der Waals surface area contributed by atoms with Gasteiger partial charge in [0.05, 0.1) is 10.6 Å². The van der Waals surface area contributed by atoms with E-state index in [4.69, 9.17) is 16.9 Å². The van der Waals surface area contributed by atoms with Crippen molar-refractivity contribution in [2.45, 2.75) is 33.2 Å². The molecular formula is C13H17ClN2. The average molecular weight is 237 g/mol. The molecule has 1 aromatic rings. The zero-order chi connectivity index (χ0) is 12.1. The Morgan fingerprint density at radius 1 is 1.44 bits per heavy atom. The van der Waals surface area contributed by atoms with Gasteiger partial charge in [0.1, 0.15) is 6.07 Å². The molecule has 0 fully saturated rings. The van der Waals surface area contributed by atoms with Crippen molar-refractivity contribution in [3.8, 4) is 6.07 Å². The molecule has 0 aromatic heterocycles. The molecule has 0 heterocycles. The van der Waals surface area contributed by atoms with Crippen molar-refractivity contribution in [1.29, 1.82) is 5.26 Å². The van der Waals surface area contributed by atoms with Gasteiger partial charge >= 0.3 is 0 Å². The Morgan fingerprint density at radius 3 is 2.56 bits per heavy atom. The molecule has 0 spiro atoms. The summed E-state index contributed by atoms with van der Waals surface area (Å²) in [4.78, 5) is 2.28. The minimum Gasteiger partial charge on any atom is -0.369 e. The first-order valence-corrected chi connectivity index (χ1v) is 5.94. The summed E-state index contributed by atoms with van der Waals surface area (Å²) in [6, 6.07) is 8.12. The Bertz CT molecular complexity index is 393. The van der Waals surface area contributed by atoms with Crippen LogP contribution in [0.25, 0.3) is 0 Å². The van der Waals surface area contributed by atoms with E-state index in [0.717, 1.165) is 18.7 Å². The molecule has 86 valence electrons. The molecule has 0 atom stereocenters. The third-order valence-electron chi connectivity index (χ3n) is 2.49. The first-order chi connectivity index (χ1) is 7.60. The Kier molecular flexibility index (Phi) is 4.64. The Hall–Kier alpha value is -1.20. The van der Waals surface area contributed by atoms with Gasteiger partial charge in [-0.15, -0.1) is 0 Å². The van der Waals surface area contributed by atoms with E-state index in [0.29, 0.717) is 16.6 Å². The molecule has 2 nitrogen and oxygen atoms in total. The molecule has 16 heavy (non-hydrogen) atoms. The van der Waals surface area contributed by atoms with E-state index in [2.05, 4.69) is 31.7 Å². The number of hydrogen-bond donors (Lipinski definition) is 0. The summed E-state index contributed by atoms with van der Waals surface area (Å²) in [5.74, 6) is 0. The number of nitrogens with zero attached hydrogens (tertiary/aromatic N) is 2. The van der Waals surface area contributed by atoms with Crippen molar-refractivity contribution in [1.82, 2.24) is 0 Å². The monoisotopic (exact) mass is 236 g/mol. The Labute approximate surface area is 102 Å². The zero-order valence-corrected chi connectivity index (χ0v) is 10.8. The molecule has 0 bridgehead atoms. The maximum Gasteiger partial charge on any atom is 0.101 e. The summed E-state index contributed by atoms with van der Waals surface area (Å²) in [5.41, 5.74) is 1.62. The first kappa shape index (κ1) is 12.9. The lowest BCUT2D eigenvalue weighted by atomic mass is 10.1. The van der Waals surface area contributed by atoms with E-state index < -0.39 is 0 Å². The van der Waals surface area contributed by atoms with Gasteiger partial charge in [-0.1, -0.05) is 18.5 Å². The lowest BCUT2D eigenvalue weighted by Gasteiger charge is -2.28. The average Bonchev–Trinajstić information content (AvgIpc) is 2.25. The molecule has 0 saturated carbocycles. The van der Waals surface area contributed by atoms with Crippen molar-refractivity contribution < 1.29 is 0 Å². The van der Waals surface area contributed by atoms with Gasteiger partial charge in [0.2, 0.25) is 0 Å². The van der Waals surface area contributed by atoms with Gasteiger partial charge in [-0.25, -0.2) is 0 Å². The lowest BCUT2D eigenvalue weighted by Crippen LogP contribution is -2.31. The first-order valence-electron chi connectivity index (χ1n) is 5.56. The van der Waals surface area contributed by atoms with Crippen LogP contribution in [0.3, 0.4) is 0 Å². The van der Waals surface area contributed by atoms with Gasteiger partial charge in [-0.2, -0.15) is 5.26 Å². The number of nitriles is 1. The van der Waals surface area contributed by atoms with Crippen LogP contribution in [-0.2, 0) is 0 Å². The summed E-state index contributed by atoms with van der Waals surface area (Å²) in [6.07, 6.45) is 1.09. The van der Waals surface area contributed by atoms with Gasteiger partial charge < -0.3 is 4.90 Å². The van der Waals surface area contributed by atoms with Crippen LogP contribution in [0.2, 0.25) is 5.02 Å². The van der Waals surface area contributed by atoms with E-state index in [-0.39, 0.29) is 0 Å². The molecule has 3 heteroatoms. The third-order valence-corrected chi connectivity index (χ3v) is 2.81. The van der Waals surface area contributed by atoms with Crippen molar-refractivity contribution in [2.24, 2.45) is 0 Å². The van der Waals surface area contributed by atoms with Crippen LogP contribution in [0.1, 0.15) is 32.8 Å². The molecule has 0 aliphatic rings. The number of hydrogen-bond acceptors (Lipinski definition) is 2. The molecule has 0 saturated heterocycles. The second-order valence-corrected chi connectivity index (χ2v) is 4.47. The van der Waals surface area contributed by atoms with Gasteiger partial charge in [-0.3, -0.25) is 0 Å². The zero-order valence-electron chi connectivity index (χ0n) is 10.00. The van der Waals surface area contributed by atoms with Crippen LogP contribution in [0, 0.1) is 11.3 Å². The number of rotatable bonds is 4. The fourth-order valence-electron chi connectivity index (χ4n) is 1.70. The van der Waals surface area contributed by atoms with E-state index in [1.807, 2.05) is 12.1 Å². The quantitative estimate of drug-likeness (QED) is 0.794. The van der Waals surface area contributed by atoms with Crippen molar-refractivity contribution in [2.75, 3.05) is 11.4 Å². The highest BCUT2D eigenvalue weighted by molar-refractivity contribution is 6.32. The minimum atomic E-state index is 0.434. The number of benzene rings is 1. The normalized spacial score (nSPS) is 10.2. The standard InChI is InChI=1S/C13H17ClN2/c1-4-7-16(10(2)3)12-6-5-11(9-15)13(14)8-12/h5-6,8,10H,4,7H2,1-3H3. The van der Waals surface area contributed by atoms with Crippen LogP contribution < -0.4 is 4.90 Å². The Morgan fingerprint density at radius 2 is 2.12 bits per heavy atom. The van der Waals surface area contributed by atoms with Gasteiger partial charge in [0, 0.05) is 18.3 Å². The van der Waals surface area contributed by atoms with E-state index in [9.17, 15) is 0 Å². The molecule has 0 N–H and O–H groups in total. The molecule has 0 aliphatic heterocycles. The van der Waals surface area contributed by atoms with Crippen molar-refractivity contribution >= 4 is 17.3 Å². The molecule has 0 aliphatic carbocycles. The summed E-state index contributed by atoms with van der Waals surface area (Å²) < 4.78 is 0. The van der Waals surface area contributed by atoms with Crippen molar-refractivity contribution in [3.05, 3.63) is 28.8 Å². The topological polar surface area (TPSA) is 27.0 Å². The third kappa shape index (κ3) is 2.90. The number of anilines is 1. The second-order valence-electron chi connectivity index (χ2n) is 4.06. The summed E-state index contributed by atoms with van der Waals surface area (Å²) in [7, 11) is 0. The smallest absolute Gasteiger partial charge is 0.101 e. The molecule has 0 radical (unpaired) electrons. The largest absolute Gasteiger partial charge is 0.369 e. The maximum absolute atomic E-state index is 8.81. The Balaban J connectivity index is 3.03.